The Hall–Kier alpha value is -2.91. The Morgan fingerprint density at radius 2 is 1.90 bits per heavy atom. The molecule has 2 aliphatic heterocycles. The predicted molar refractivity (Wildman–Crippen MR) is 114 cm³/mol. The zero-order valence-corrected chi connectivity index (χ0v) is 17.4. The van der Waals surface area contributed by atoms with Crippen LogP contribution in [0.25, 0.3) is 11.0 Å². The van der Waals surface area contributed by atoms with Crippen LogP contribution in [-0.2, 0) is 10.0 Å². The van der Waals surface area contributed by atoms with Gasteiger partial charge in [0.1, 0.15) is 10.7 Å². The van der Waals surface area contributed by atoms with Crippen LogP contribution < -0.4 is 10.0 Å². The number of aromatic nitrogens is 2. The molecule has 1 saturated heterocycles. The van der Waals surface area contributed by atoms with E-state index in [1.807, 2.05) is 36.1 Å². The summed E-state index contributed by atoms with van der Waals surface area (Å²) in [7, 11) is -3.53. The Kier molecular flexibility index (Phi) is 4.52. The molecule has 3 heterocycles. The maximum atomic E-state index is 13.0. The van der Waals surface area contributed by atoms with Crippen LogP contribution in [0.1, 0.15) is 29.0 Å². The minimum atomic E-state index is -3.53. The third-order valence-electron chi connectivity index (χ3n) is 5.92. The van der Waals surface area contributed by atoms with Gasteiger partial charge in [0.15, 0.2) is 0 Å². The minimum absolute atomic E-state index is 0.00914. The maximum absolute atomic E-state index is 13.0. The largest absolute Gasteiger partial charge is 0.368 e. The van der Waals surface area contributed by atoms with E-state index in [0.29, 0.717) is 24.3 Å². The number of rotatable bonds is 2. The summed E-state index contributed by atoms with van der Waals surface area (Å²) in [6, 6.07) is 12.4. The monoisotopic (exact) mass is 425 g/mol. The van der Waals surface area contributed by atoms with Crippen LogP contribution in [0.5, 0.6) is 0 Å². The summed E-state index contributed by atoms with van der Waals surface area (Å²) in [6.07, 6.45) is 1.07. The Labute approximate surface area is 174 Å². The van der Waals surface area contributed by atoms with Crippen LogP contribution in [-0.4, -0.2) is 48.4 Å². The first-order chi connectivity index (χ1) is 14.4. The third kappa shape index (κ3) is 3.33. The lowest BCUT2D eigenvalue weighted by Gasteiger charge is -2.38. The fourth-order valence-electron chi connectivity index (χ4n) is 4.35. The van der Waals surface area contributed by atoms with Gasteiger partial charge in [-0.2, -0.15) is 4.72 Å². The highest BCUT2D eigenvalue weighted by Gasteiger charge is 2.35. The Morgan fingerprint density at radius 3 is 2.70 bits per heavy atom. The number of nitrogens with zero attached hydrogens (tertiary/aromatic N) is 2. The molecule has 2 aliphatic rings. The van der Waals surface area contributed by atoms with Crippen LogP contribution in [0.4, 0.5) is 5.69 Å². The summed E-state index contributed by atoms with van der Waals surface area (Å²) in [5.74, 6) is 0.916. The van der Waals surface area contributed by atoms with E-state index in [2.05, 4.69) is 20.0 Å². The molecule has 3 aromatic rings. The minimum Gasteiger partial charge on any atom is -0.368 e. The second kappa shape index (κ2) is 7.10. The number of fused-ring (bicyclic) bond motifs is 2. The van der Waals surface area contributed by atoms with Gasteiger partial charge in [0, 0.05) is 18.7 Å². The van der Waals surface area contributed by atoms with E-state index >= 15 is 0 Å². The molecule has 1 aromatic heterocycles. The van der Waals surface area contributed by atoms with E-state index < -0.39 is 10.0 Å². The summed E-state index contributed by atoms with van der Waals surface area (Å²) < 4.78 is 27.9. The summed E-state index contributed by atoms with van der Waals surface area (Å²) in [4.78, 5) is 22.6. The molecule has 2 aromatic carbocycles. The van der Waals surface area contributed by atoms with Crippen molar-refractivity contribution in [3.05, 3.63) is 53.9 Å². The van der Waals surface area contributed by atoms with Gasteiger partial charge in [-0.15, -0.1) is 0 Å². The van der Waals surface area contributed by atoms with Gasteiger partial charge in [-0.1, -0.05) is 12.1 Å². The number of aromatic amines is 1. The van der Waals surface area contributed by atoms with E-state index in [9.17, 15) is 13.2 Å². The van der Waals surface area contributed by atoms with Gasteiger partial charge in [-0.3, -0.25) is 4.79 Å². The number of anilines is 1. The topological polar surface area (TPSA) is 107 Å². The van der Waals surface area contributed by atoms with E-state index in [1.165, 1.54) is 0 Å². The number of hydrogen-bond acceptors (Lipinski definition) is 5. The van der Waals surface area contributed by atoms with Gasteiger partial charge < -0.3 is 15.2 Å². The number of H-pyrrole nitrogens is 1. The maximum Gasteiger partial charge on any atom is 0.253 e. The van der Waals surface area contributed by atoms with Crippen molar-refractivity contribution >= 4 is 32.7 Å². The first kappa shape index (κ1) is 19.1. The molecule has 0 radical (unpaired) electrons. The van der Waals surface area contributed by atoms with Crippen LogP contribution >= 0.6 is 0 Å². The number of aryl methyl sites for hydroxylation is 1. The molecule has 0 bridgehead atoms. The van der Waals surface area contributed by atoms with Crippen molar-refractivity contribution in [1.29, 1.82) is 0 Å². The third-order valence-corrected chi connectivity index (χ3v) is 7.41. The molecule has 0 aliphatic carbocycles. The highest BCUT2D eigenvalue weighted by molar-refractivity contribution is 7.89. The van der Waals surface area contributed by atoms with E-state index in [0.717, 1.165) is 29.7 Å². The smallest absolute Gasteiger partial charge is 0.253 e. The van der Waals surface area contributed by atoms with Gasteiger partial charge in [-0.05, 0) is 56.0 Å². The second-order valence-corrected chi connectivity index (χ2v) is 9.61. The summed E-state index contributed by atoms with van der Waals surface area (Å²) >= 11 is 0. The van der Waals surface area contributed by atoms with Crippen LogP contribution in [0.3, 0.4) is 0 Å². The molecule has 9 heteroatoms. The summed E-state index contributed by atoms with van der Waals surface area (Å²) in [6.45, 7) is 3.06. The Bertz CT molecular complexity index is 1230. The molecule has 8 nitrogen and oxygen atoms in total. The molecule has 1 amide bonds. The fraction of sp³-hybridized carbons (Fsp3) is 0.333. The highest BCUT2D eigenvalue weighted by Crippen LogP contribution is 2.31. The molecule has 1 atom stereocenters. The van der Waals surface area contributed by atoms with Crippen molar-refractivity contribution in [3.8, 4) is 0 Å². The number of imidazole rings is 1. The number of benzene rings is 2. The first-order valence-electron chi connectivity index (χ1n) is 10.0. The number of carbonyl (C=O) groups is 1. The lowest BCUT2D eigenvalue weighted by Crippen LogP contribution is -2.52. The average molecular weight is 426 g/mol. The Balaban J connectivity index is 1.27. The summed E-state index contributed by atoms with van der Waals surface area (Å²) in [5.41, 5.74) is 2.96. The van der Waals surface area contributed by atoms with Crippen molar-refractivity contribution in [1.82, 2.24) is 19.6 Å². The van der Waals surface area contributed by atoms with Gasteiger partial charge in [-0.25, -0.2) is 13.4 Å². The molecule has 3 N–H and O–H groups in total. The van der Waals surface area contributed by atoms with Crippen molar-refractivity contribution in [2.24, 2.45) is 5.92 Å². The first-order valence-corrected chi connectivity index (χ1v) is 11.5. The number of sulfonamides is 1. The number of likely N-dealkylation sites (tertiary alicyclic amines) is 1. The highest BCUT2D eigenvalue weighted by atomic mass is 32.2. The van der Waals surface area contributed by atoms with Crippen molar-refractivity contribution in [2.75, 3.05) is 18.4 Å². The van der Waals surface area contributed by atoms with Crippen LogP contribution in [0.15, 0.2) is 47.4 Å². The molecule has 30 heavy (non-hydrogen) atoms. The summed E-state index contributed by atoms with van der Waals surface area (Å²) in [5, 5.41) is 3.32. The van der Waals surface area contributed by atoms with Crippen LogP contribution in [0.2, 0.25) is 0 Å². The predicted octanol–water partition coefficient (Wildman–Crippen LogP) is 2.45. The van der Waals surface area contributed by atoms with E-state index in [4.69, 9.17) is 0 Å². The molecule has 0 saturated carbocycles. The van der Waals surface area contributed by atoms with Gasteiger partial charge in [0.25, 0.3) is 5.91 Å². The van der Waals surface area contributed by atoms with Gasteiger partial charge in [0.05, 0.1) is 22.9 Å². The lowest BCUT2D eigenvalue weighted by molar-refractivity contribution is 0.0679. The van der Waals surface area contributed by atoms with Crippen molar-refractivity contribution < 1.29 is 13.2 Å². The molecule has 1 unspecified atom stereocenters. The zero-order chi connectivity index (χ0) is 20.9. The number of hydrogen-bond donors (Lipinski definition) is 3. The van der Waals surface area contributed by atoms with Gasteiger partial charge in [0.2, 0.25) is 10.0 Å². The molecule has 156 valence electrons. The quantitative estimate of drug-likeness (QED) is 0.585. The van der Waals surface area contributed by atoms with E-state index in [-0.39, 0.29) is 22.9 Å². The molecular formula is C21H23N5O3S. The molecule has 5 rings (SSSR count). The Morgan fingerprint density at radius 1 is 1.13 bits per heavy atom. The van der Waals surface area contributed by atoms with Crippen molar-refractivity contribution in [2.45, 2.75) is 30.8 Å². The molecule has 1 fully saturated rings. The van der Waals surface area contributed by atoms with Crippen molar-refractivity contribution in [3.63, 3.8) is 0 Å². The zero-order valence-electron chi connectivity index (χ0n) is 16.6. The molecular weight excluding hydrogens is 402 g/mol. The number of piperidine rings is 1. The number of para-hydroxylation sites is 1. The number of amides is 1. The average Bonchev–Trinajstić information content (AvgIpc) is 3.12. The van der Waals surface area contributed by atoms with Crippen LogP contribution in [0, 0.1) is 12.8 Å². The standard InChI is InChI=1S/C21H23N5O3S/c1-13-22-16-7-6-15(12-18(16)23-13)21(27)26-10-8-14(9-11-26)20-24-17-4-2-3-5-19(17)30(28,29)25-20/h2-7,12,14,20,24-25H,8-11H2,1H3,(H,22,23). The lowest BCUT2D eigenvalue weighted by atomic mass is 9.93. The molecule has 0 spiro atoms. The number of nitrogens with one attached hydrogen (secondary N) is 3. The number of carbonyl (C=O) groups excluding carboxylic acids is 1. The SMILES string of the molecule is Cc1nc2ccc(C(=O)N3CCC(C4Nc5ccccc5S(=O)(=O)N4)CC3)cc2[nH]1. The van der Waals surface area contributed by atoms with E-state index in [1.54, 1.807) is 18.2 Å². The van der Waals surface area contributed by atoms with Gasteiger partial charge >= 0.3 is 0 Å². The fourth-order valence-corrected chi connectivity index (χ4v) is 5.74. The normalized spacial score (nSPS) is 21.2. The second-order valence-electron chi connectivity index (χ2n) is 7.92.